The van der Waals surface area contributed by atoms with Gasteiger partial charge in [0.05, 0.1) is 16.3 Å². The predicted octanol–water partition coefficient (Wildman–Crippen LogP) is 4.64. The van der Waals surface area contributed by atoms with Crippen LogP contribution in [0.5, 0.6) is 0 Å². The first-order valence-corrected chi connectivity index (χ1v) is 9.16. The van der Waals surface area contributed by atoms with Gasteiger partial charge in [0.15, 0.2) is 0 Å². The van der Waals surface area contributed by atoms with E-state index in [-0.39, 0.29) is 5.69 Å². The minimum absolute atomic E-state index is 0.0336. The monoisotopic (exact) mass is 378 g/mol. The van der Waals surface area contributed by atoms with E-state index in [1.807, 2.05) is 46.4 Å². The Morgan fingerprint density at radius 3 is 2.74 bits per heavy atom. The van der Waals surface area contributed by atoms with Crippen molar-refractivity contribution in [3.05, 3.63) is 93.1 Å². The number of nitro groups is 1. The molecule has 0 aliphatic carbocycles. The van der Waals surface area contributed by atoms with E-state index in [1.54, 1.807) is 19.1 Å². The molecule has 0 saturated heterocycles. The zero-order valence-electron chi connectivity index (χ0n) is 14.8. The smallest absolute Gasteiger partial charge is 0.270 e. The molecule has 6 nitrogen and oxygen atoms in total. The van der Waals surface area contributed by atoms with Gasteiger partial charge in [-0.3, -0.25) is 10.1 Å². The Bertz CT molecular complexity index is 1060. The van der Waals surface area contributed by atoms with Gasteiger partial charge in [0.25, 0.3) is 5.69 Å². The predicted molar refractivity (Wildman–Crippen MR) is 109 cm³/mol. The third-order valence-corrected chi connectivity index (χ3v) is 4.79. The molecule has 0 fully saturated rings. The molecule has 3 rings (SSSR count). The van der Waals surface area contributed by atoms with Crippen molar-refractivity contribution in [3.8, 4) is 11.3 Å². The standard InChI is InChI=1S/C20H18N4O2S/c1-3-12-23-19(16-8-5-4-6-9-16)14-27-20(23)22-21-15(2)17-10-7-11-18(13-17)24(25)26/h3-11,13-14H,1,12H2,2H3/b21-15-,22-20-. The lowest BCUT2D eigenvalue weighted by atomic mass is 10.1. The fraction of sp³-hybridized carbons (Fsp3) is 0.100. The topological polar surface area (TPSA) is 72.8 Å². The van der Waals surface area contributed by atoms with Crippen LogP contribution in [0.2, 0.25) is 0 Å². The number of thiazole rings is 1. The molecule has 0 bridgehead atoms. The maximum absolute atomic E-state index is 10.9. The van der Waals surface area contributed by atoms with Crippen LogP contribution in [0.4, 0.5) is 5.69 Å². The number of rotatable bonds is 6. The van der Waals surface area contributed by atoms with Gasteiger partial charge in [-0.25, -0.2) is 0 Å². The van der Waals surface area contributed by atoms with Crippen LogP contribution in [0.15, 0.2) is 82.8 Å². The van der Waals surface area contributed by atoms with Gasteiger partial charge in [-0.2, -0.15) is 5.10 Å². The Morgan fingerprint density at radius 1 is 1.26 bits per heavy atom. The lowest BCUT2D eigenvalue weighted by Crippen LogP contribution is -2.15. The number of hydrogen-bond donors (Lipinski definition) is 0. The highest BCUT2D eigenvalue weighted by atomic mass is 32.1. The molecule has 0 aliphatic heterocycles. The summed E-state index contributed by atoms with van der Waals surface area (Å²) in [6.07, 6.45) is 1.81. The molecule has 2 aromatic carbocycles. The van der Waals surface area contributed by atoms with Crippen LogP contribution in [-0.2, 0) is 6.54 Å². The zero-order chi connectivity index (χ0) is 19.2. The fourth-order valence-corrected chi connectivity index (χ4v) is 3.44. The van der Waals surface area contributed by atoms with Crippen LogP contribution in [0.1, 0.15) is 12.5 Å². The van der Waals surface area contributed by atoms with Gasteiger partial charge < -0.3 is 4.57 Å². The highest BCUT2D eigenvalue weighted by Crippen LogP contribution is 2.20. The van der Waals surface area contributed by atoms with Gasteiger partial charge in [-0.05, 0) is 12.5 Å². The summed E-state index contributed by atoms with van der Waals surface area (Å²) >= 11 is 1.49. The molecule has 27 heavy (non-hydrogen) atoms. The van der Waals surface area contributed by atoms with Crippen LogP contribution in [0, 0.1) is 10.1 Å². The summed E-state index contributed by atoms with van der Waals surface area (Å²) in [4.78, 5) is 11.3. The maximum atomic E-state index is 10.9. The van der Waals surface area contributed by atoms with E-state index in [2.05, 4.69) is 16.8 Å². The molecule has 0 aliphatic rings. The highest BCUT2D eigenvalue weighted by molar-refractivity contribution is 7.07. The van der Waals surface area contributed by atoms with Crippen LogP contribution in [-0.4, -0.2) is 15.2 Å². The van der Waals surface area contributed by atoms with Crippen LogP contribution >= 0.6 is 11.3 Å². The quantitative estimate of drug-likeness (QED) is 0.271. The Balaban J connectivity index is 2.01. The second kappa shape index (κ2) is 8.37. The lowest BCUT2D eigenvalue weighted by Gasteiger charge is -2.05. The molecule has 0 amide bonds. The molecule has 1 aromatic heterocycles. The molecule has 1 heterocycles. The van der Waals surface area contributed by atoms with E-state index in [0.717, 1.165) is 16.1 Å². The van der Waals surface area contributed by atoms with Crippen molar-refractivity contribution in [1.29, 1.82) is 0 Å². The van der Waals surface area contributed by atoms with E-state index in [0.29, 0.717) is 17.8 Å². The largest absolute Gasteiger partial charge is 0.311 e. The van der Waals surface area contributed by atoms with Gasteiger partial charge in [0.2, 0.25) is 4.80 Å². The van der Waals surface area contributed by atoms with Gasteiger partial charge in [0.1, 0.15) is 0 Å². The molecule has 0 saturated carbocycles. The Hall–Kier alpha value is -3.32. The highest BCUT2D eigenvalue weighted by Gasteiger charge is 2.08. The first-order chi connectivity index (χ1) is 13.1. The number of non-ortho nitro benzene ring substituents is 1. The van der Waals surface area contributed by atoms with Gasteiger partial charge in [-0.1, -0.05) is 48.5 Å². The molecule has 0 N–H and O–H groups in total. The second-order valence-corrected chi connectivity index (χ2v) is 6.60. The van der Waals surface area contributed by atoms with Crippen molar-refractivity contribution in [2.45, 2.75) is 13.5 Å². The number of aromatic nitrogens is 1. The molecule has 0 unspecified atom stereocenters. The number of allylic oxidation sites excluding steroid dienone is 1. The number of nitrogens with zero attached hydrogens (tertiary/aromatic N) is 4. The summed E-state index contributed by atoms with van der Waals surface area (Å²) in [6.45, 7) is 6.22. The van der Waals surface area contributed by atoms with E-state index in [1.165, 1.54) is 23.5 Å². The van der Waals surface area contributed by atoms with Crippen molar-refractivity contribution in [2.75, 3.05) is 0 Å². The second-order valence-electron chi connectivity index (χ2n) is 5.76. The summed E-state index contributed by atoms with van der Waals surface area (Å²) < 4.78 is 2.04. The maximum Gasteiger partial charge on any atom is 0.270 e. The third kappa shape index (κ3) is 4.27. The molecular weight excluding hydrogens is 360 g/mol. The number of nitro benzene ring substituents is 1. The summed E-state index contributed by atoms with van der Waals surface area (Å²) in [5, 5.41) is 21.6. The SMILES string of the molecule is C=CCn1c(-c2ccccc2)cs/c1=N\N=C(\C)c1cccc([N+](=O)[O-])c1. The summed E-state index contributed by atoms with van der Waals surface area (Å²) in [6, 6.07) is 16.4. The van der Waals surface area contributed by atoms with E-state index in [4.69, 9.17) is 0 Å². The van der Waals surface area contributed by atoms with Crippen LogP contribution in [0.3, 0.4) is 0 Å². The zero-order valence-corrected chi connectivity index (χ0v) is 15.6. The molecule has 0 radical (unpaired) electrons. The average Bonchev–Trinajstić information content (AvgIpc) is 3.10. The van der Waals surface area contributed by atoms with Crippen molar-refractivity contribution in [3.63, 3.8) is 0 Å². The Morgan fingerprint density at radius 2 is 2.04 bits per heavy atom. The summed E-state index contributed by atoms with van der Waals surface area (Å²) in [5.74, 6) is 0. The van der Waals surface area contributed by atoms with Gasteiger partial charge in [-0.15, -0.1) is 23.0 Å². The van der Waals surface area contributed by atoms with Crippen LogP contribution < -0.4 is 4.80 Å². The van der Waals surface area contributed by atoms with E-state index >= 15 is 0 Å². The third-order valence-electron chi connectivity index (χ3n) is 3.94. The molecule has 0 spiro atoms. The first kappa shape index (κ1) is 18.5. The molecule has 7 heteroatoms. The van der Waals surface area contributed by atoms with Crippen LogP contribution in [0.25, 0.3) is 11.3 Å². The first-order valence-electron chi connectivity index (χ1n) is 8.28. The Kier molecular flexibility index (Phi) is 5.73. The minimum atomic E-state index is -0.419. The van der Waals surface area contributed by atoms with Gasteiger partial charge >= 0.3 is 0 Å². The minimum Gasteiger partial charge on any atom is -0.311 e. The average molecular weight is 378 g/mol. The van der Waals surface area contributed by atoms with E-state index < -0.39 is 4.92 Å². The molecule has 136 valence electrons. The number of hydrogen-bond acceptors (Lipinski definition) is 5. The lowest BCUT2D eigenvalue weighted by molar-refractivity contribution is -0.384. The molecule has 3 aromatic rings. The molecule has 0 atom stereocenters. The fourth-order valence-electron chi connectivity index (χ4n) is 2.57. The summed E-state index contributed by atoms with van der Waals surface area (Å²) in [5.41, 5.74) is 3.45. The van der Waals surface area contributed by atoms with Crippen molar-refractivity contribution in [1.82, 2.24) is 4.57 Å². The summed E-state index contributed by atoms with van der Waals surface area (Å²) in [7, 11) is 0. The van der Waals surface area contributed by atoms with Gasteiger partial charge in [0, 0.05) is 29.6 Å². The van der Waals surface area contributed by atoms with Crippen molar-refractivity contribution in [2.24, 2.45) is 10.2 Å². The number of benzene rings is 2. The Labute approximate surface area is 160 Å². The molecular formula is C20H18N4O2S. The van der Waals surface area contributed by atoms with Crippen molar-refractivity contribution >= 4 is 22.7 Å². The van der Waals surface area contributed by atoms with Crippen molar-refractivity contribution < 1.29 is 4.92 Å². The normalized spacial score (nSPS) is 12.2. The van der Waals surface area contributed by atoms with E-state index in [9.17, 15) is 10.1 Å².